The van der Waals surface area contributed by atoms with E-state index in [0.29, 0.717) is 18.4 Å². The number of amides is 1. The molecule has 3 rings (SSSR count). The average Bonchev–Trinajstić information content (AvgIpc) is 2.66. The molecule has 1 atom stereocenters. The molecule has 0 spiro atoms. The van der Waals surface area contributed by atoms with Gasteiger partial charge >= 0.3 is 0 Å². The third-order valence-electron chi connectivity index (χ3n) is 4.66. The molecule has 1 unspecified atom stereocenters. The highest BCUT2D eigenvalue weighted by atomic mass is 35.5. The van der Waals surface area contributed by atoms with Crippen molar-refractivity contribution in [2.24, 2.45) is 0 Å². The summed E-state index contributed by atoms with van der Waals surface area (Å²) in [6, 6.07) is 3.66. The normalized spacial score (nSPS) is 27.9. The molecule has 1 amide bonds. The minimum Gasteiger partial charge on any atom is -0.377 e. The van der Waals surface area contributed by atoms with Crippen LogP contribution in [-0.4, -0.2) is 34.5 Å². The molecule has 1 fully saturated rings. The summed E-state index contributed by atoms with van der Waals surface area (Å²) < 4.78 is 5.37. The Morgan fingerprint density at radius 2 is 2.09 bits per heavy atom. The van der Waals surface area contributed by atoms with Gasteiger partial charge in [-0.25, -0.2) is 4.98 Å². The Hall–Kier alpha value is -1.39. The van der Waals surface area contributed by atoms with Crippen LogP contribution in [0.15, 0.2) is 30.1 Å². The van der Waals surface area contributed by atoms with E-state index >= 15 is 0 Å². The van der Waals surface area contributed by atoms with E-state index in [2.05, 4.69) is 18.8 Å². The number of likely N-dealkylation sites (tertiary alicyclic amines) is 1. The van der Waals surface area contributed by atoms with Crippen molar-refractivity contribution in [3.63, 3.8) is 0 Å². The van der Waals surface area contributed by atoms with Crippen LogP contribution in [0.2, 0.25) is 5.15 Å². The minimum atomic E-state index is -0.569. The van der Waals surface area contributed by atoms with Crippen LogP contribution < -0.4 is 0 Å². The maximum atomic E-state index is 13.2. The van der Waals surface area contributed by atoms with Crippen molar-refractivity contribution in [1.82, 2.24) is 9.88 Å². The molecule has 3 heterocycles. The summed E-state index contributed by atoms with van der Waals surface area (Å²) in [5.74, 6) is 0.134. The number of ether oxygens (including phenoxy) is 1. The molecule has 2 aliphatic heterocycles. The van der Waals surface area contributed by atoms with Gasteiger partial charge < -0.3 is 9.64 Å². The molecule has 22 heavy (non-hydrogen) atoms. The van der Waals surface area contributed by atoms with E-state index in [1.165, 1.54) is 0 Å². The second-order valence-electron chi connectivity index (χ2n) is 6.85. The predicted octanol–water partition coefficient (Wildman–Crippen LogP) is 3.31. The molecule has 0 radical (unpaired) electrons. The van der Waals surface area contributed by atoms with Crippen molar-refractivity contribution in [2.45, 2.75) is 44.6 Å². The van der Waals surface area contributed by atoms with Crippen LogP contribution in [0.3, 0.4) is 0 Å². The van der Waals surface area contributed by atoms with Crippen molar-refractivity contribution < 1.29 is 9.53 Å². The number of hydrogen-bond donors (Lipinski definition) is 0. The van der Waals surface area contributed by atoms with E-state index in [9.17, 15) is 4.79 Å². The molecule has 0 aliphatic carbocycles. The molecule has 0 bridgehead atoms. The lowest BCUT2D eigenvalue weighted by molar-refractivity contribution is -0.132. The van der Waals surface area contributed by atoms with Crippen LogP contribution >= 0.6 is 11.6 Å². The van der Waals surface area contributed by atoms with Gasteiger partial charge in [-0.05, 0) is 44.9 Å². The Bertz CT molecular complexity index is 624. The Morgan fingerprint density at radius 3 is 2.68 bits per heavy atom. The van der Waals surface area contributed by atoms with E-state index in [0.717, 1.165) is 24.1 Å². The lowest BCUT2D eigenvalue weighted by atomic mass is 9.78. The first-order valence-corrected chi connectivity index (χ1v) is 7.96. The first kappa shape index (κ1) is 15.5. The second-order valence-corrected chi connectivity index (χ2v) is 7.24. The third kappa shape index (κ3) is 2.44. The Morgan fingerprint density at radius 1 is 1.32 bits per heavy atom. The van der Waals surface area contributed by atoms with Crippen molar-refractivity contribution in [1.29, 1.82) is 0 Å². The summed E-state index contributed by atoms with van der Waals surface area (Å²) in [5.41, 5.74) is 1.20. The van der Waals surface area contributed by atoms with Crippen LogP contribution in [0.25, 0.3) is 0 Å². The quantitative estimate of drug-likeness (QED) is 0.785. The second kappa shape index (κ2) is 5.36. The van der Waals surface area contributed by atoms with Gasteiger partial charge in [-0.3, -0.25) is 4.79 Å². The molecule has 0 aromatic carbocycles. The van der Waals surface area contributed by atoms with E-state index < -0.39 is 5.41 Å². The van der Waals surface area contributed by atoms with Gasteiger partial charge in [0.1, 0.15) is 5.15 Å². The van der Waals surface area contributed by atoms with Gasteiger partial charge in [0.15, 0.2) is 0 Å². The number of rotatable bonds is 2. The summed E-state index contributed by atoms with van der Waals surface area (Å²) in [5, 5.41) is 0.445. The van der Waals surface area contributed by atoms with Gasteiger partial charge in [-0.2, -0.15) is 0 Å². The van der Waals surface area contributed by atoms with Gasteiger partial charge in [0.05, 0.1) is 18.6 Å². The van der Waals surface area contributed by atoms with Gasteiger partial charge in [0.25, 0.3) is 0 Å². The molecule has 1 aromatic heterocycles. The molecule has 118 valence electrons. The zero-order chi connectivity index (χ0) is 16.0. The fourth-order valence-corrected chi connectivity index (χ4v) is 3.82. The molecule has 5 heteroatoms. The standard InChI is InChI=1S/C17H21ClN2O2/c1-16(2)11-17(3,12-4-5-14(18)19-10-12)15(21)20(16)13-6-8-22-9-7-13/h4-6,10H,7-9,11H2,1-3H3. The summed E-state index contributed by atoms with van der Waals surface area (Å²) in [6.45, 7) is 7.49. The minimum absolute atomic E-state index is 0.134. The highest BCUT2D eigenvalue weighted by Crippen LogP contribution is 2.46. The number of halogens is 1. The number of aromatic nitrogens is 1. The van der Waals surface area contributed by atoms with Crippen molar-refractivity contribution in [2.75, 3.05) is 13.2 Å². The molecule has 2 aliphatic rings. The van der Waals surface area contributed by atoms with Gasteiger partial charge in [0, 0.05) is 23.9 Å². The highest BCUT2D eigenvalue weighted by Gasteiger charge is 2.54. The van der Waals surface area contributed by atoms with Crippen molar-refractivity contribution in [3.05, 3.63) is 40.8 Å². The molecular weight excluding hydrogens is 300 g/mol. The van der Waals surface area contributed by atoms with Crippen LogP contribution in [0, 0.1) is 0 Å². The van der Waals surface area contributed by atoms with Crippen LogP contribution in [0.4, 0.5) is 0 Å². The lowest BCUT2D eigenvalue weighted by Gasteiger charge is -2.34. The smallest absolute Gasteiger partial charge is 0.237 e. The number of carbonyl (C=O) groups excluding carboxylic acids is 1. The fraction of sp³-hybridized carbons (Fsp3) is 0.529. The van der Waals surface area contributed by atoms with Gasteiger partial charge in [-0.15, -0.1) is 0 Å². The fourth-order valence-electron chi connectivity index (χ4n) is 3.71. The summed E-state index contributed by atoms with van der Waals surface area (Å²) in [4.78, 5) is 19.3. The summed E-state index contributed by atoms with van der Waals surface area (Å²) in [7, 11) is 0. The molecule has 1 aromatic rings. The summed E-state index contributed by atoms with van der Waals surface area (Å²) in [6.07, 6.45) is 5.28. The van der Waals surface area contributed by atoms with E-state index in [-0.39, 0.29) is 11.4 Å². The monoisotopic (exact) mass is 320 g/mol. The number of nitrogens with zero attached hydrogens (tertiary/aromatic N) is 2. The zero-order valence-electron chi connectivity index (χ0n) is 13.2. The number of pyridine rings is 1. The maximum absolute atomic E-state index is 13.2. The zero-order valence-corrected chi connectivity index (χ0v) is 14.0. The largest absolute Gasteiger partial charge is 0.377 e. The SMILES string of the molecule is CC1(c2ccc(Cl)nc2)CC(C)(C)N(C2=CCOCC2)C1=O. The molecule has 0 saturated carbocycles. The van der Waals surface area contributed by atoms with E-state index in [4.69, 9.17) is 16.3 Å². The molecule has 1 saturated heterocycles. The predicted molar refractivity (Wildman–Crippen MR) is 85.7 cm³/mol. The number of carbonyl (C=O) groups is 1. The first-order chi connectivity index (χ1) is 10.3. The third-order valence-corrected chi connectivity index (χ3v) is 4.88. The topological polar surface area (TPSA) is 42.4 Å². The summed E-state index contributed by atoms with van der Waals surface area (Å²) >= 11 is 5.88. The van der Waals surface area contributed by atoms with Crippen molar-refractivity contribution >= 4 is 17.5 Å². The van der Waals surface area contributed by atoms with E-state index in [1.807, 2.05) is 24.0 Å². The van der Waals surface area contributed by atoms with E-state index in [1.54, 1.807) is 12.3 Å². The maximum Gasteiger partial charge on any atom is 0.237 e. The highest BCUT2D eigenvalue weighted by molar-refractivity contribution is 6.29. The Kier molecular flexibility index (Phi) is 3.77. The average molecular weight is 321 g/mol. The van der Waals surface area contributed by atoms with Gasteiger partial charge in [-0.1, -0.05) is 17.7 Å². The molecular formula is C17H21ClN2O2. The van der Waals surface area contributed by atoms with Crippen LogP contribution in [0.5, 0.6) is 0 Å². The van der Waals surface area contributed by atoms with Gasteiger partial charge in [0.2, 0.25) is 5.91 Å². The Balaban J connectivity index is 2.00. The van der Waals surface area contributed by atoms with Crippen LogP contribution in [-0.2, 0) is 14.9 Å². The van der Waals surface area contributed by atoms with Crippen LogP contribution in [0.1, 0.15) is 39.2 Å². The molecule has 4 nitrogen and oxygen atoms in total. The lowest BCUT2D eigenvalue weighted by Crippen LogP contribution is -2.42. The van der Waals surface area contributed by atoms with Crippen molar-refractivity contribution in [3.8, 4) is 0 Å². The first-order valence-electron chi connectivity index (χ1n) is 7.58. The Labute approximate surface area is 136 Å². The molecule has 0 N–H and O–H groups in total. The number of hydrogen-bond acceptors (Lipinski definition) is 3.